The number of carboxylic acids is 1. The zero-order valence-corrected chi connectivity index (χ0v) is 25.7. The molecule has 0 unspecified atom stereocenters. The molecule has 0 aromatic rings. The Kier molecular flexibility index (Phi) is 30.3. The van der Waals surface area contributed by atoms with Gasteiger partial charge in [0.25, 0.3) is 0 Å². The van der Waals surface area contributed by atoms with Crippen molar-refractivity contribution in [3.8, 4) is 0 Å². The molecule has 37 heavy (non-hydrogen) atoms. The summed E-state index contributed by atoms with van der Waals surface area (Å²) in [5.41, 5.74) is 0. The van der Waals surface area contributed by atoms with Gasteiger partial charge in [0.15, 0.2) is 0 Å². The van der Waals surface area contributed by atoms with Gasteiger partial charge in [-0.1, -0.05) is 77.0 Å². The van der Waals surface area contributed by atoms with Gasteiger partial charge in [-0.25, -0.2) is 0 Å². The number of carbonyl (C=O) groups excluding carboxylic acids is 2. The molecular formula is C28H51N2NaO6. The molecule has 0 radical (unpaired) electrons. The molecule has 0 fully saturated rings. The minimum atomic E-state index is -0.720. The number of nitrogens with one attached hydrogen (secondary N) is 1. The third kappa shape index (κ3) is 31.0. The first-order valence-electron chi connectivity index (χ1n) is 14.3. The summed E-state index contributed by atoms with van der Waals surface area (Å²) in [5, 5.41) is 23.2. The number of carbonyl (C=O) groups is 3. The Labute approximate surface area is 247 Å². The van der Waals surface area contributed by atoms with Gasteiger partial charge in [0, 0.05) is 25.8 Å². The molecule has 0 atom stereocenters. The van der Waals surface area contributed by atoms with Crippen molar-refractivity contribution in [3.05, 3.63) is 0 Å². The second kappa shape index (κ2) is 29.4. The van der Waals surface area contributed by atoms with E-state index in [1.54, 1.807) is 0 Å². The summed E-state index contributed by atoms with van der Waals surface area (Å²) in [6, 6.07) is 0. The van der Waals surface area contributed by atoms with Crippen LogP contribution < -0.4 is 40.0 Å². The van der Waals surface area contributed by atoms with Crippen LogP contribution in [0.2, 0.25) is 0 Å². The number of amides is 1. The summed E-state index contributed by atoms with van der Waals surface area (Å²) in [4.78, 5) is 37.6. The summed E-state index contributed by atoms with van der Waals surface area (Å²) >= 11 is 0. The topological polar surface area (TPSA) is 128 Å². The summed E-state index contributed by atoms with van der Waals surface area (Å²) in [6.07, 6.45) is 18.3. The third-order valence-corrected chi connectivity index (χ3v) is 6.09. The molecule has 0 bridgehead atoms. The number of unbranched alkanes of at least 4 members (excludes halogenated alkanes) is 14. The summed E-state index contributed by atoms with van der Waals surface area (Å²) < 4.78 is 4.91. The number of nitrogens with zero attached hydrogens (tertiary/aromatic N) is 1. The van der Waals surface area contributed by atoms with Gasteiger partial charge in [-0.15, -0.1) is 0 Å². The van der Waals surface area contributed by atoms with Gasteiger partial charge in [-0.2, -0.15) is 0 Å². The van der Waals surface area contributed by atoms with E-state index in [1.807, 2.05) is 6.92 Å². The van der Waals surface area contributed by atoms with Crippen molar-refractivity contribution < 1.29 is 58.9 Å². The molecule has 0 rings (SSSR count). The fourth-order valence-electron chi connectivity index (χ4n) is 4.01. The molecule has 0 aliphatic carbocycles. The van der Waals surface area contributed by atoms with Crippen LogP contribution in [0.5, 0.6) is 0 Å². The van der Waals surface area contributed by atoms with E-state index in [0.29, 0.717) is 39.0 Å². The minimum Gasteiger partial charge on any atom is -0.862 e. The number of esters is 1. The standard InChI is InChI=1S/C28H52N2O6.Na/c1-2-36-28(35)22-18-14-10-6-4-8-12-16-20-26(32)30-24-23-29-25(31)19-15-11-7-3-5-9-13-17-21-27(33)34;/h2-24H2,1H3,(H,29,31)(H,30,32)(H,33,34);/q;+1/p-1. The predicted octanol–water partition coefficient (Wildman–Crippen LogP) is 2.32. The summed E-state index contributed by atoms with van der Waals surface area (Å²) in [6.45, 7) is 3.04. The van der Waals surface area contributed by atoms with E-state index >= 15 is 0 Å². The van der Waals surface area contributed by atoms with Crippen LogP contribution in [0.1, 0.15) is 135 Å². The van der Waals surface area contributed by atoms with E-state index in [1.165, 1.54) is 6.42 Å². The Morgan fingerprint density at radius 1 is 0.703 bits per heavy atom. The maximum absolute atomic E-state index is 11.9. The van der Waals surface area contributed by atoms with Crippen molar-refractivity contribution >= 4 is 23.7 Å². The van der Waals surface area contributed by atoms with E-state index in [9.17, 15) is 19.5 Å². The predicted molar refractivity (Wildman–Crippen MR) is 142 cm³/mol. The molecule has 0 aromatic heterocycles. The number of carboxylic acid groups (broad SMARTS) is 1. The Morgan fingerprint density at radius 2 is 1.14 bits per heavy atom. The summed E-state index contributed by atoms with van der Waals surface area (Å²) in [5.74, 6) is -0.876. The molecular weight excluding hydrogens is 483 g/mol. The molecule has 0 aliphatic heterocycles. The number of rotatable bonds is 26. The molecule has 0 aliphatic rings. The van der Waals surface area contributed by atoms with Crippen LogP contribution in [0.15, 0.2) is 4.99 Å². The Bertz CT molecular complexity index is 601. The van der Waals surface area contributed by atoms with Crippen molar-refractivity contribution in [2.45, 2.75) is 135 Å². The van der Waals surface area contributed by atoms with Crippen LogP contribution in [-0.2, 0) is 19.1 Å². The molecule has 8 nitrogen and oxygen atoms in total. The Balaban J connectivity index is 0. The zero-order valence-electron chi connectivity index (χ0n) is 23.7. The zero-order chi connectivity index (χ0) is 26.7. The maximum Gasteiger partial charge on any atom is 1.00 e. The van der Waals surface area contributed by atoms with E-state index in [4.69, 9.17) is 9.84 Å². The largest absolute Gasteiger partial charge is 1.00 e. The number of hydrogen-bond acceptors (Lipinski definition) is 6. The monoisotopic (exact) mass is 534 g/mol. The average molecular weight is 535 g/mol. The van der Waals surface area contributed by atoms with Crippen LogP contribution in [0, 0.1) is 0 Å². The van der Waals surface area contributed by atoms with Crippen LogP contribution in [0.4, 0.5) is 0 Å². The van der Waals surface area contributed by atoms with Gasteiger partial charge in [0.2, 0.25) is 5.91 Å². The van der Waals surface area contributed by atoms with Crippen LogP contribution >= 0.6 is 0 Å². The first kappa shape index (κ1) is 38.0. The van der Waals surface area contributed by atoms with Gasteiger partial charge in [0.1, 0.15) is 0 Å². The first-order valence-corrected chi connectivity index (χ1v) is 14.3. The Hall–Kier alpha value is -1.12. The van der Waals surface area contributed by atoms with Crippen LogP contribution in [-0.4, -0.2) is 48.5 Å². The van der Waals surface area contributed by atoms with Crippen molar-refractivity contribution in [1.82, 2.24) is 5.32 Å². The van der Waals surface area contributed by atoms with E-state index in [2.05, 4.69) is 10.3 Å². The molecule has 2 N–H and O–H groups in total. The van der Waals surface area contributed by atoms with Gasteiger partial charge in [-0.05, 0) is 44.9 Å². The number of ether oxygens (including phenoxy) is 1. The number of hydrogen-bond donors (Lipinski definition) is 2. The quantitative estimate of drug-likeness (QED) is 0.0576. The molecule has 0 spiro atoms. The second-order valence-corrected chi connectivity index (χ2v) is 9.48. The van der Waals surface area contributed by atoms with E-state index in [-0.39, 0.29) is 53.8 Å². The first-order chi connectivity index (χ1) is 17.5. The van der Waals surface area contributed by atoms with Crippen LogP contribution in [0.3, 0.4) is 0 Å². The SMILES string of the molecule is CCOC(=O)CCCCCCCCCCC(=O)NCCN=C([O-])CCCCCCCCCCC(=O)O.[Na+]. The molecule has 0 aromatic carbocycles. The van der Waals surface area contributed by atoms with E-state index in [0.717, 1.165) is 96.3 Å². The number of aliphatic imine (C=N–C) groups is 1. The third-order valence-electron chi connectivity index (χ3n) is 6.09. The van der Waals surface area contributed by atoms with Gasteiger partial charge >= 0.3 is 41.5 Å². The molecule has 0 heterocycles. The van der Waals surface area contributed by atoms with Crippen LogP contribution in [0.25, 0.3) is 0 Å². The molecule has 210 valence electrons. The molecule has 1 amide bonds. The molecule has 0 saturated heterocycles. The van der Waals surface area contributed by atoms with Crippen molar-refractivity contribution in [1.29, 1.82) is 0 Å². The second-order valence-electron chi connectivity index (χ2n) is 9.48. The molecule has 9 heteroatoms. The maximum atomic E-state index is 11.9. The minimum absolute atomic E-state index is 0. The van der Waals surface area contributed by atoms with Gasteiger partial charge in [0.05, 0.1) is 13.2 Å². The average Bonchev–Trinajstić information content (AvgIpc) is 2.84. The van der Waals surface area contributed by atoms with Gasteiger partial charge < -0.3 is 25.3 Å². The molecule has 0 saturated carbocycles. The number of aliphatic carboxylic acids is 1. The van der Waals surface area contributed by atoms with Gasteiger partial charge in [-0.3, -0.25) is 14.4 Å². The normalized spacial score (nSPS) is 11.1. The van der Waals surface area contributed by atoms with E-state index < -0.39 is 5.97 Å². The smallest absolute Gasteiger partial charge is 0.862 e. The fraction of sp³-hybridized carbons (Fsp3) is 0.857. The van der Waals surface area contributed by atoms with Crippen molar-refractivity contribution in [2.24, 2.45) is 4.99 Å². The summed E-state index contributed by atoms with van der Waals surface area (Å²) in [7, 11) is 0. The van der Waals surface area contributed by atoms with Crippen molar-refractivity contribution in [2.75, 3.05) is 19.7 Å². The Morgan fingerprint density at radius 3 is 1.62 bits per heavy atom. The van der Waals surface area contributed by atoms with Crippen molar-refractivity contribution in [3.63, 3.8) is 0 Å². The fourth-order valence-corrected chi connectivity index (χ4v) is 4.01.